The van der Waals surface area contributed by atoms with Crippen LogP contribution in [0.25, 0.3) is 22.2 Å². The molecular weight excluding hydrogens is 363 g/mol. The van der Waals surface area contributed by atoms with E-state index in [1.807, 2.05) is 18.2 Å². The number of rotatable bonds is 2. The summed E-state index contributed by atoms with van der Waals surface area (Å²) >= 11 is 3.44. The monoisotopic (exact) mass is 374 g/mol. The van der Waals surface area contributed by atoms with E-state index in [2.05, 4.69) is 20.9 Å². The van der Waals surface area contributed by atoms with Gasteiger partial charge in [0.2, 0.25) is 0 Å². The molecule has 1 aromatic heterocycles. The normalized spacial score (nSPS) is 10.7. The smallest absolute Gasteiger partial charge is 0.411 e. The van der Waals surface area contributed by atoms with Gasteiger partial charge in [0.05, 0.1) is 16.9 Å². The molecular formula is C17H12BrFN2O2. The summed E-state index contributed by atoms with van der Waals surface area (Å²) in [6, 6.07) is 13.2. The van der Waals surface area contributed by atoms with Crippen molar-refractivity contribution in [3.05, 3.63) is 58.8 Å². The van der Waals surface area contributed by atoms with Crippen LogP contribution in [0.2, 0.25) is 0 Å². The minimum atomic E-state index is -1.11. The fourth-order valence-corrected chi connectivity index (χ4v) is 2.83. The second-order valence-electron chi connectivity index (χ2n) is 5.02. The Hall–Kier alpha value is -2.47. The number of nitrogens with zero attached hydrogens (tertiary/aromatic N) is 2. The Morgan fingerprint density at radius 2 is 1.96 bits per heavy atom. The van der Waals surface area contributed by atoms with Crippen molar-refractivity contribution in [2.24, 2.45) is 0 Å². The third-order valence-corrected chi connectivity index (χ3v) is 4.16. The molecule has 0 saturated heterocycles. The van der Waals surface area contributed by atoms with Crippen molar-refractivity contribution in [2.45, 2.75) is 0 Å². The van der Waals surface area contributed by atoms with Crippen molar-refractivity contribution in [2.75, 3.05) is 11.9 Å². The van der Waals surface area contributed by atoms with E-state index >= 15 is 0 Å². The van der Waals surface area contributed by atoms with Crippen LogP contribution >= 0.6 is 15.9 Å². The van der Waals surface area contributed by atoms with E-state index in [0.717, 1.165) is 14.8 Å². The third kappa shape index (κ3) is 2.90. The molecule has 2 aromatic carbocycles. The number of amides is 1. The maximum Gasteiger partial charge on any atom is 0.411 e. The van der Waals surface area contributed by atoms with Crippen LogP contribution in [0, 0.1) is 5.82 Å². The number of pyridine rings is 1. The predicted octanol–water partition coefficient (Wildman–Crippen LogP) is 4.92. The van der Waals surface area contributed by atoms with Gasteiger partial charge in [0, 0.05) is 22.5 Å². The first kappa shape index (κ1) is 15.4. The lowest BCUT2D eigenvalue weighted by molar-refractivity contribution is 0.203. The average molecular weight is 375 g/mol. The first-order valence-electron chi connectivity index (χ1n) is 6.79. The summed E-state index contributed by atoms with van der Waals surface area (Å²) in [5.41, 5.74) is 2.02. The Kier molecular flexibility index (Phi) is 4.00. The zero-order chi connectivity index (χ0) is 16.6. The maximum atomic E-state index is 13.6. The van der Waals surface area contributed by atoms with Crippen molar-refractivity contribution in [1.29, 1.82) is 0 Å². The molecule has 0 aliphatic rings. The van der Waals surface area contributed by atoms with Gasteiger partial charge < -0.3 is 5.11 Å². The van der Waals surface area contributed by atoms with Crippen LogP contribution in [0.15, 0.2) is 53.0 Å². The van der Waals surface area contributed by atoms with Gasteiger partial charge >= 0.3 is 6.09 Å². The molecule has 0 aliphatic heterocycles. The molecule has 0 fully saturated rings. The lowest BCUT2D eigenvalue weighted by Crippen LogP contribution is -2.24. The van der Waals surface area contributed by atoms with Gasteiger partial charge in [0.15, 0.2) is 0 Å². The lowest BCUT2D eigenvalue weighted by atomic mass is 10.1. The highest BCUT2D eigenvalue weighted by Gasteiger charge is 2.18. The second kappa shape index (κ2) is 5.96. The van der Waals surface area contributed by atoms with Gasteiger partial charge in [-0.3, -0.25) is 4.90 Å². The number of anilines is 1. The first-order valence-corrected chi connectivity index (χ1v) is 7.58. The quantitative estimate of drug-likeness (QED) is 0.692. The second-order valence-corrected chi connectivity index (χ2v) is 5.87. The van der Waals surface area contributed by atoms with E-state index in [0.29, 0.717) is 22.5 Å². The molecule has 0 saturated carbocycles. The molecule has 0 bridgehead atoms. The zero-order valence-corrected chi connectivity index (χ0v) is 13.7. The molecule has 116 valence electrons. The van der Waals surface area contributed by atoms with Crippen LogP contribution in [0.5, 0.6) is 0 Å². The lowest BCUT2D eigenvalue weighted by Gasteiger charge is -2.18. The zero-order valence-electron chi connectivity index (χ0n) is 12.1. The fraction of sp³-hybridized carbons (Fsp3) is 0.0588. The van der Waals surface area contributed by atoms with Crippen LogP contribution in [-0.4, -0.2) is 23.2 Å². The van der Waals surface area contributed by atoms with E-state index in [9.17, 15) is 14.3 Å². The highest BCUT2D eigenvalue weighted by Crippen LogP contribution is 2.34. The summed E-state index contributed by atoms with van der Waals surface area (Å²) in [5, 5.41) is 10.1. The Balaban J connectivity index is 2.34. The Morgan fingerprint density at radius 3 is 2.65 bits per heavy atom. The summed E-state index contributed by atoms with van der Waals surface area (Å²) in [4.78, 5) is 17.0. The molecule has 1 N–H and O–H groups in total. The molecule has 1 amide bonds. The molecule has 0 aliphatic carbocycles. The summed E-state index contributed by atoms with van der Waals surface area (Å²) in [7, 11) is 1.44. The molecule has 0 spiro atoms. The molecule has 0 unspecified atom stereocenters. The number of para-hydroxylation sites is 1. The summed E-state index contributed by atoms with van der Waals surface area (Å²) in [5.74, 6) is -0.402. The summed E-state index contributed by atoms with van der Waals surface area (Å²) in [6.07, 6.45) is -1.11. The average Bonchev–Trinajstić information content (AvgIpc) is 2.53. The maximum absolute atomic E-state index is 13.6. The number of benzene rings is 2. The molecule has 0 atom stereocenters. The van der Waals surface area contributed by atoms with Gasteiger partial charge in [-0.05, 0) is 40.2 Å². The van der Waals surface area contributed by atoms with Gasteiger partial charge in [-0.15, -0.1) is 0 Å². The number of halogens is 2. The van der Waals surface area contributed by atoms with Crippen molar-refractivity contribution in [1.82, 2.24) is 4.98 Å². The number of fused-ring (bicyclic) bond motifs is 1. The van der Waals surface area contributed by atoms with Crippen LogP contribution in [0.4, 0.5) is 14.9 Å². The minimum Gasteiger partial charge on any atom is -0.465 e. The van der Waals surface area contributed by atoms with Gasteiger partial charge in [-0.25, -0.2) is 14.2 Å². The number of aromatic nitrogens is 1. The summed E-state index contributed by atoms with van der Waals surface area (Å²) in [6.45, 7) is 0. The van der Waals surface area contributed by atoms with Crippen molar-refractivity contribution in [3.8, 4) is 11.3 Å². The van der Waals surface area contributed by atoms with Crippen molar-refractivity contribution in [3.63, 3.8) is 0 Å². The largest absolute Gasteiger partial charge is 0.465 e. The molecule has 3 rings (SSSR count). The first-order chi connectivity index (χ1) is 11.0. The van der Waals surface area contributed by atoms with Crippen LogP contribution in [0.1, 0.15) is 0 Å². The van der Waals surface area contributed by atoms with E-state index in [-0.39, 0.29) is 0 Å². The van der Waals surface area contributed by atoms with E-state index in [1.54, 1.807) is 18.2 Å². The Morgan fingerprint density at radius 1 is 1.22 bits per heavy atom. The van der Waals surface area contributed by atoms with Gasteiger partial charge in [0.25, 0.3) is 0 Å². The van der Waals surface area contributed by atoms with Gasteiger partial charge in [-0.1, -0.05) is 24.3 Å². The molecule has 3 aromatic rings. The van der Waals surface area contributed by atoms with Gasteiger partial charge in [0.1, 0.15) is 5.82 Å². The Labute approximate surface area is 140 Å². The topological polar surface area (TPSA) is 53.4 Å². The van der Waals surface area contributed by atoms with Crippen LogP contribution in [0.3, 0.4) is 0 Å². The standard InChI is InChI=1S/C17H12BrFN2O2/c1-21(17(22)23)14-9-11-5-3-7-13(18)15(11)20-16(14)10-4-2-6-12(19)8-10/h2-9H,1H3,(H,22,23). The van der Waals surface area contributed by atoms with Crippen molar-refractivity contribution >= 4 is 38.6 Å². The molecule has 1 heterocycles. The number of hydrogen-bond donors (Lipinski definition) is 1. The minimum absolute atomic E-state index is 0.397. The van der Waals surface area contributed by atoms with Crippen LogP contribution < -0.4 is 4.90 Å². The van der Waals surface area contributed by atoms with E-state index in [4.69, 9.17) is 0 Å². The number of carboxylic acid groups (broad SMARTS) is 1. The fourth-order valence-electron chi connectivity index (χ4n) is 2.36. The summed E-state index contributed by atoms with van der Waals surface area (Å²) < 4.78 is 14.4. The third-order valence-electron chi connectivity index (χ3n) is 3.52. The molecule has 6 heteroatoms. The van der Waals surface area contributed by atoms with Gasteiger partial charge in [-0.2, -0.15) is 0 Å². The molecule has 4 nitrogen and oxygen atoms in total. The predicted molar refractivity (Wildman–Crippen MR) is 91.3 cm³/mol. The number of hydrogen-bond acceptors (Lipinski definition) is 2. The van der Waals surface area contributed by atoms with Crippen molar-refractivity contribution < 1.29 is 14.3 Å². The Bertz CT molecular complexity index is 914. The number of carbonyl (C=O) groups is 1. The highest BCUT2D eigenvalue weighted by molar-refractivity contribution is 9.10. The molecule has 23 heavy (non-hydrogen) atoms. The highest BCUT2D eigenvalue weighted by atomic mass is 79.9. The molecule has 0 radical (unpaired) electrons. The SMILES string of the molecule is CN(C(=O)O)c1cc2cccc(Br)c2nc1-c1cccc(F)c1. The van der Waals surface area contributed by atoms with E-state index in [1.165, 1.54) is 19.2 Å². The van der Waals surface area contributed by atoms with E-state index < -0.39 is 11.9 Å². The van der Waals surface area contributed by atoms with Crippen LogP contribution in [-0.2, 0) is 0 Å².